The summed E-state index contributed by atoms with van der Waals surface area (Å²) < 4.78 is 10.1. The molecule has 0 amide bonds. The Morgan fingerprint density at radius 3 is 2.28 bits per heavy atom. The third-order valence-corrected chi connectivity index (χ3v) is 5.41. The number of aliphatic hydroxyl groups is 4. The normalized spacial score (nSPS) is 26.9. The minimum absolute atomic E-state index is 0.110. The zero-order valence-corrected chi connectivity index (χ0v) is 16.2. The average Bonchev–Trinajstić information content (AvgIpc) is 2.77. The molecule has 0 radical (unpaired) electrons. The molecule has 0 aromatic heterocycles. The van der Waals surface area contributed by atoms with Crippen LogP contribution in [0.4, 0.5) is 0 Å². The van der Waals surface area contributed by atoms with Gasteiger partial charge in [0.15, 0.2) is 5.78 Å². The zero-order chi connectivity index (χ0) is 23.3. The van der Waals surface area contributed by atoms with Crippen molar-refractivity contribution >= 4 is 17.5 Å². The van der Waals surface area contributed by atoms with Crippen LogP contribution in [0.25, 0.3) is 0 Å². The van der Waals surface area contributed by atoms with Crippen LogP contribution in [-0.2, 0) is 9.47 Å². The molecule has 6 N–H and O–H groups in total. The molecule has 1 aliphatic heterocycles. The Hall–Kier alpha value is -3.35. The van der Waals surface area contributed by atoms with Gasteiger partial charge >= 0.3 is 5.97 Å². The first-order valence-electron chi connectivity index (χ1n) is 9.45. The molecule has 11 heteroatoms. The van der Waals surface area contributed by atoms with Crippen molar-refractivity contribution in [1.82, 2.24) is 0 Å². The van der Waals surface area contributed by atoms with Crippen molar-refractivity contribution in [3.8, 4) is 11.5 Å². The number of phenols is 2. The van der Waals surface area contributed by atoms with Crippen molar-refractivity contribution in [3.63, 3.8) is 0 Å². The minimum atomic E-state index is -1.85. The number of hydrogen-bond acceptors (Lipinski definition) is 11. The molecule has 4 rings (SSSR count). The van der Waals surface area contributed by atoms with Crippen LogP contribution in [0.3, 0.4) is 0 Å². The number of carbonyl (C=O) groups excluding carboxylic acids is 3. The summed E-state index contributed by atoms with van der Waals surface area (Å²) in [5.74, 6) is -3.86. The second kappa shape index (κ2) is 7.97. The summed E-state index contributed by atoms with van der Waals surface area (Å²) in [6.07, 6.45) is -8.37. The summed E-state index contributed by atoms with van der Waals surface area (Å²) in [6, 6.07) is 5.77. The molecule has 0 bridgehead atoms. The Morgan fingerprint density at radius 1 is 0.906 bits per heavy atom. The van der Waals surface area contributed by atoms with E-state index in [0.717, 1.165) is 12.1 Å². The number of ketones is 2. The molecule has 32 heavy (non-hydrogen) atoms. The SMILES string of the molecule is O=C(OC1OC(CO)C(O)C(O)C1O)c1cc(O)c2c(c1)C(=O)c1cccc(O)c1C2=O. The van der Waals surface area contributed by atoms with Crippen LogP contribution in [0.5, 0.6) is 11.5 Å². The molecule has 1 heterocycles. The molecule has 1 saturated heterocycles. The van der Waals surface area contributed by atoms with E-state index in [0.29, 0.717) is 0 Å². The van der Waals surface area contributed by atoms with Gasteiger partial charge in [-0.3, -0.25) is 9.59 Å². The third-order valence-electron chi connectivity index (χ3n) is 5.41. The van der Waals surface area contributed by atoms with Crippen LogP contribution >= 0.6 is 0 Å². The van der Waals surface area contributed by atoms with E-state index in [1.807, 2.05) is 0 Å². The van der Waals surface area contributed by atoms with Crippen LogP contribution in [0.15, 0.2) is 30.3 Å². The van der Waals surface area contributed by atoms with Gasteiger partial charge in [0, 0.05) is 11.1 Å². The zero-order valence-electron chi connectivity index (χ0n) is 16.2. The first-order chi connectivity index (χ1) is 15.1. The van der Waals surface area contributed by atoms with E-state index < -0.39 is 71.9 Å². The molecular formula is C21H18O11. The highest BCUT2D eigenvalue weighted by molar-refractivity contribution is 6.30. The van der Waals surface area contributed by atoms with Gasteiger partial charge in [-0.25, -0.2) is 4.79 Å². The minimum Gasteiger partial charge on any atom is -0.507 e. The Morgan fingerprint density at radius 2 is 1.59 bits per heavy atom. The second-order valence-corrected chi connectivity index (χ2v) is 7.38. The van der Waals surface area contributed by atoms with E-state index in [1.165, 1.54) is 18.2 Å². The predicted molar refractivity (Wildman–Crippen MR) is 102 cm³/mol. The molecule has 1 fully saturated rings. The van der Waals surface area contributed by atoms with Crippen molar-refractivity contribution in [2.45, 2.75) is 30.7 Å². The molecule has 0 saturated carbocycles. The van der Waals surface area contributed by atoms with E-state index in [2.05, 4.69) is 0 Å². The summed E-state index contributed by atoms with van der Waals surface area (Å²) in [4.78, 5) is 38.2. The molecule has 11 nitrogen and oxygen atoms in total. The molecule has 168 valence electrons. The lowest BCUT2D eigenvalue weighted by atomic mass is 9.82. The van der Waals surface area contributed by atoms with E-state index in [4.69, 9.17) is 9.47 Å². The molecule has 5 unspecified atom stereocenters. The molecule has 2 aromatic rings. The van der Waals surface area contributed by atoms with E-state index >= 15 is 0 Å². The first-order valence-corrected chi connectivity index (χ1v) is 9.45. The van der Waals surface area contributed by atoms with Crippen LogP contribution < -0.4 is 0 Å². The van der Waals surface area contributed by atoms with Crippen molar-refractivity contribution < 1.29 is 54.5 Å². The number of aliphatic hydroxyl groups excluding tert-OH is 4. The summed E-state index contributed by atoms with van der Waals surface area (Å²) in [5.41, 5.74) is -1.44. The van der Waals surface area contributed by atoms with E-state index in [1.54, 1.807) is 0 Å². The predicted octanol–water partition coefficient (Wildman–Crippen LogP) is -1.17. The van der Waals surface area contributed by atoms with Gasteiger partial charge in [0.2, 0.25) is 12.1 Å². The van der Waals surface area contributed by atoms with Gasteiger partial charge in [-0.2, -0.15) is 0 Å². The van der Waals surface area contributed by atoms with E-state index in [-0.39, 0.29) is 22.3 Å². The van der Waals surface area contributed by atoms with Crippen LogP contribution in [0.2, 0.25) is 0 Å². The lowest BCUT2D eigenvalue weighted by Gasteiger charge is -2.39. The fraction of sp³-hybridized carbons (Fsp3) is 0.286. The van der Waals surface area contributed by atoms with Crippen LogP contribution in [-0.4, -0.2) is 85.5 Å². The summed E-state index contributed by atoms with van der Waals surface area (Å²) in [7, 11) is 0. The van der Waals surface area contributed by atoms with Gasteiger partial charge in [-0.15, -0.1) is 0 Å². The highest BCUT2D eigenvalue weighted by atomic mass is 16.7. The number of benzene rings is 2. The Labute approximate surface area is 179 Å². The lowest BCUT2D eigenvalue weighted by molar-refractivity contribution is -0.285. The number of aromatic hydroxyl groups is 2. The Kier molecular flexibility index (Phi) is 5.44. The van der Waals surface area contributed by atoms with Crippen molar-refractivity contribution in [1.29, 1.82) is 0 Å². The molecule has 2 aliphatic rings. The largest absolute Gasteiger partial charge is 0.507 e. The third kappa shape index (κ3) is 3.32. The summed E-state index contributed by atoms with van der Waals surface area (Å²) in [6.45, 7) is -0.735. The fourth-order valence-corrected chi connectivity index (χ4v) is 3.74. The second-order valence-electron chi connectivity index (χ2n) is 7.38. The number of ether oxygens (including phenoxy) is 2. The van der Waals surface area contributed by atoms with Gasteiger partial charge in [0.05, 0.1) is 23.3 Å². The van der Waals surface area contributed by atoms with Crippen molar-refractivity contribution in [2.75, 3.05) is 6.61 Å². The lowest BCUT2D eigenvalue weighted by Crippen LogP contribution is -2.59. The van der Waals surface area contributed by atoms with Gasteiger partial charge in [0.1, 0.15) is 35.9 Å². The van der Waals surface area contributed by atoms with Gasteiger partial charge < -0.3 is 40.1 Å². The highest BCUT2D eigenvalue weighted by Crippen LogP contribution is 2.37. The fourth-order valence-electron chi connectivity index (χ4n) is 3.74. The molecule has 5 atom stereocenters. The summed E-state index contributed by atoms with van der Waals surface area (Å²) in [5, 5.41) is 59.2. The monoisotopic (exact) mass is 446 g/mol. The highest BCUT2D eigenvalue weighted by Gasteiger charge is 2.45. The average molecular weight is 446 g/mol. The number of hydrogen-bond donors (Lipinski definition) is 6. The van der Waals surface area contributed by atoms with Gasteiger partial charge in [-0.1, -0.05) is 12.1 Å². The Balaban J connectivity index is 1.66. The quantitative estimate of drug-likeness (QED) is 0.266. The van der Waals surface area contributed by atoms with Crippen LogP contribution in [0, 0.1) is 0 Å². The maximum absolute atomic E-state index is 12.9. The number of phenolic OH excluding ortho intramolecular Hbond substituents is 2. The number of fused-ring (bicyclic) bond motifs is 2. The van der Waals surface area contributed by atoms with Gasteiger partial charge in [-0.05, 0) is 18.2 Å². The maximum Gasteiger partial charge on any atom is 0.340 e. The molecule has 1 aliphatic carbocycles. The number of carbonyl (C=O) groups is 3. The van der Waals surface area contributed by atoms with Crippen molar-refractivity contribution in [3.05, 3.63) is 58.1 Å². The topological polar surface area (TPSA) is 191 Å². The standard InChI is InChI=1S/C21H18O11/c22-6-12-16(26)18(28)19(29)21(31-12)32-20(30)7-4-9-14(11(24)5-7)17(27)13-8(15(9)25)2-1-3-10(13)23/h1-5,12,16,18-19,21-24,26,28-29H,6H2. The number of rotatable bonds is 3. The van der Waals surface area contributed by atoms with Gasteiger partial charge in [0.25, 0.3) is 0 Å². The smallest absolute Gasteiger partial charge is 0.340 e. The van der Waals surface area contributed by atoms with E-state index in [9.17, 15) is 45.0 Å². The maximum atomic E-state index is 12.9. The first kappa shape index (κ1) is 21.9. The van der Waals surface area contributed by atoms with Crippen molar-refractivity contribution in [2.24, 2.45) is 0 Å². The number of esters is 1. The molecule has 0 spiro atoms. The Bertz CT molecular complexity index is 1120. The van der Waals surface area contributed by atoms with Crippen LogP contribution in [0.1, 0.15) is 42.2 Å². The molecular weight excluding hydrogens is 428 g/mol. The molecule has 2 aromatic carbocycles. The summed E-state index contributed by atoms with van der Waals surface area (Å²) >= 11 is 0.